The number of hydrogen-bond donors (Lipinski definition) is 2. The summed E-state index contributed by atoms with van der Waals surface area (Å²) in [5.74, 6) is 0.773. The van der Waals surface area contributed by atoms with E-state index in [1.807, 2.05) is 32.2 Å². The van der Waals surface area contributed by atoms with Gasteiger partial charge in [-0.05, 0) is 25.1 Å². The van der Waals surface area contributed by atoms with Gasteiger partial charge in [0.05, 0.1) is 24.3 Å². The second-order valence-corrected chi connectivity index (χ2v) is 8.40. The van der Waals surface area contributed by atoms with Crippen LogP contribution in [-0.4, -0.2) is 81.2 Å². The summed E-state index contributed by atoms with van der Waals surface area (Å²) < 4.78 is 0. The Hall–Kier alpha value is -3.47. The Morgan fingerprint density at radius 3 is 2.53 bits per heavy atom. The van der Waals surface area contributed by atoms with E-state index in [0.717, 1.165) is 36.9 Å². The zero-order valence-electron chi connectivity index (χ0n) is 18.5. The topological polar surface area (TPSA) is 118 Å². The second-order valence-electron chi connectivity index (χ2n) is 8.40. The predicted octanol–water partition coefficient (Wildman–Crippen LogP) is 2.02. The third kappa shape index (κ3) is 4.42. The zero-order chi connectivity index (χ0) is 22.8. The molecule has 1 atom stereocenters. The van der Waals surface area contributed by atoms with E-state index in [1.54, 1.807) is 6.07 Å². The van der Waals surface area contributed by atoms with Crippen LogP contribution in [0.2, 0.25) is 0 Å². The van der Waals surface area contributed by atoms with Crippen molar-refractivity contribution in [2.75, 3.05) is 48.5 Å². The first-order valence-corrected chi connectivity index (χ1v) is 10.7. The first-order chi connectivity index (χ1) is 15.3. The fraction of sp³-hybridized carbons (Fsp3) is 0.476. The van der Waals surface area contributed by atoms with Crippen LogP contribution in [0.1, 0.15) is 20.3 Å². The molecule has 4 heterocycles. The van der Waals surface area contributed by atoms with Gasteiger partial charge in [0.2, 0.25) is 5.95 Å². The van der Waals surface area contributed by atoms with E-state index in [1.165, 1.54) is 11.2 Å². The minimum absolute atomic E-state index is 0.0541. The summed E-state index contributed by atoms with van der Waals surface area (Å²) in [6.45, 7) is 7.85. The van der Waals surface area contributed by atoms with Crippen molar-refractivity contribution in [1.29, 1.82) is 0 Å². The molecule has 11 heteroatoms. The lowest BCUT2D eigenvalue weighted by molar-refractivity contribution is -0.126. The average Bonchev–Trinajstić information content (AvgIpc) is 3.13. The highest BCUT2D eigenvalue weighted by Gasteiger charge is 2.44. The Labute approximate surface area is 186 Å². The number of pyridine rings is 1. The zero-order valence-corrected chi connectivity index (χ0v) is 18.5. The molecule has 0 aliphatic carbocycles. The van der Waals surface area contributed by atoms with Gasteiger partial charge in [-0.3, -0.25) is 9.80 Å². The van der Waals surface area contributed by atoms with Crippen molar-refractivity contribution in [3.05, 3.63) is 30.6 Å². The highest BCUT2D eigenvalue weighted by molar-refractivity contribution is 5.96. The Kier molecular flexibility index (Phi) is 6.08. The predicted molar refractivity (Wildman–Crippen MR) is 120 cm³/mol. The van der Waals surface area contributed by atoms with E-state index in [9.17, 15) is 14.7 Å². The number of carboxylic acid groups (broad SMARTS) is 1. The standard InChI is InChI=1S/C21H28N8O3/c1-14(2)16-12-19(30)29(21(31)32)28(16)18-6-7-22-20(25-18)24-17-5-4-15(13-23-17)27-10-8-26(3)9-11-27/h4-7,13-14,16H,8-12H2,1-3H3,(H,31,32)(H,22,23,24,25). The molecule has 2 amide bonds. The highest BCUT2D eigenvalue weighted by Crippen LogP contribution is 2.31. The first kappa shape index (κ1) is 21.8. The Bertz CT molecular complexity index is 975. The van der Waals surface area contributed by atoms with Crippen molar-refractivity contribution in [3.8, 4) is 0 Å². The summed E-state index contributed by atoms with van der Waals surface area (Å²) in [7, 11) is 2.12. The normalized spacial score (nSPS) is 19.7. The van der Waals surface area contributed by atoms with E-state index in [2.05, 4.69) is 37.1 Å². The Balaban J connectivity index is 1.51. The molecule has 2 aliphatic heterocycles. The molecule has 0 aromatic carbocycles. The molecule has 2 saturated heterocycles. The van der Waals surface area contributed by atoms with Crippen LogP contribution in [-0.2, 0) is 4.79 Å². The summed E-state index contributed by atoms with van der Waals surface area (Å²) in [5.41, 5.74) is 1.06. The van der Waals surface area contributed by atoms with Crippen molar-refractivity contribution in [2.24, 2.45) is 5.92 Å². The number of piperazine rings is 1. The van der Waals surface area contributed by atoms with Crippen molar-refractivity contribution >= 4 is 35.3 Å². The van der Waals surface area contributed by atoms with Crippen molar-refractivity contribution in [3.63, 3.8) is 0 Å². The van der Waals surface area contributed by atoms with Crippen LogP contribution in [0.15, 0.2) is 30.6 Å². The second kappa shape index (κ2) is 8.95. The monoisotopic (exact) mass is 440 g/mol. The van der Waals surface area contributed by atoms with Crippen molar-refractivity contribution in [1.82, 2.24) is 24.9 Å². The number of hydrogen-bond acceptors (Lipinski definition) is 9. The lowest BCUT2D eigenvalue weighted by atomic mass is 10.0. The van der Waals surface area contributed by atoms with Gasteiger partial charge in [-0.15, -0.1) is 5.01 Å². The lowest BCUT2D eigenvalue weighted by Gasteiger charge is -2.33. The fourth-order valence-corrected chi connectivity index (χ4v) is 3.97. The number of hydrazine groups is 1. The molecule has 0 bridgehead atoms. The maximum absolute atomic E-state index is 12.3. The molecule has 0 spiro atoms. The van der Waals surface area contributed by atoms with Gasteiger partial charge in [0.1, 0.15) is 5.82 Å². The van der Waals surface area contributed by atoms with E-state index in [4.69, 9.17) is 0 Å². The number of imide groups is 1. The van der Waals surface area contributed by atoms with Gasteiger partial charge in [-0.25, -0.2) is 14.8 Å². The van der Waals surface area contributed by atoms with Gasteiger partial charge < -0.3 is 20.2 Å². The number of nitrogens with zero attached hydrogens (tertiary/aromatic N) is 7. The lowest BCUT2D eigenvalue weighted by Crippen LogP contribution is -2.47. The summed E-state index contributed by atoms with van der Waals surface area (Å²) in [6.07, 6.45) is 2.14. The minimum Gasteiger partial charge on any atom is -0.463 e. The number of nitrogens with one attached hydrogen (secondary N) is 1. The number of carbonyl (C=O) groups excluding carboxylic acids is 1. The summed E-state index contributed by atoms with van der Waals surface area (Å²) in [6, 6.07) is 5.16. The molecule has 170 valence electrons. The van der Waals surface area contributed by atoms with Crippen LogP contribution in [0.5, 0.6) is 0 Å². The maximum Gasteiger partial charge on any atom is 0.433 e. The quantitative estimate of drug-likeness (QED) is 0.715. The smallest absolute Gasteiger partial charge is 0.433 e. The van der Waals surface area contributed by atoms with Crippen LogP contribution < -0.4 is 15.2 Å². The van der Waals surface area contributed by atoms with E-state index >= 15 is 0 Å². The van der Waals surface area contributed by atoms with E-state index in [0.29, 0.717) is 11.6 Å². The Morgan fingerprint density at radius 1 is 1.16 bits per heavy atom. The summed E-state index contributed by atoms with van der Waals surface area (Å²) >= 11 is 0. The number of carbonyl (C=O) groups is 2. The molecule has 2 fully saturated rings. The molecule has 1 unspecified atom stereocenters. The highest BCUT2D eigenvalue weighted by atomic mass is 16.4. The molecular formula is C21H28N8O3. The molecule has 2 aromatic heterocycles. The molecule has 2 aromatic rings. The Morgan fingerprint density at radius 2 is 1.91 bits per heavy atom. The van der Waals surface area contributed by atoms with Gasteiger partial charge >= 0.3 is 6.09 Å². The molecule has 11 nitrogen and oxygen atoms in total. The molecule has 2 aliphatic rings. The number of anilines is 4. The number of rotatable bonds is 5. The molecule has 0 radical (unpaired) electrons. The molecule has 2 N–H and O–H groups in total. The SMILES string of the molecule is CC(C)C1CC(=O)N(C(=O)O)N1c1ccnc(Nc2ccc(N3CCN(C)CC3)cn2)n1. The van der Waals surface area contributed by atoms with Crippen LogP contribution >= 0.6 is 0 Å². The fourth-order valence-electron chi connectivity index (χ4n) is 3.97. The summed E-state index contributed by atoms with van der Waals surface area (Å²) in [4.78, 5) is 41.8. The summed E-state index contributed by atoms with van der Waals surface area (Å²) in [5, 5.41) is 14.8. The van der Waals surface area contributed by atoms with E-state index < -0.39 is 12.0 Å². The molecular weight excluding hydrogens is 412 g/mol. The third-order valence-corrected chi connectivity index (χ3v) is 5.83. The van der Waals surface area contributed by atoms with Crippen LogP contribution in [0.25, 0.3) is 0 Å². The maximum atomic E-state index is 12.3. The van der Waals surface area contributed by atoms with Gasteiger partial charge in [-0.1, -0.05) is 13.8 Å². The van der Waals surface area contributed by atoms with Crippen LogP contribution in [0, 0.1) is 5.92 Å². The minimum atomic E-state index is -1.33. The van der Waals surface area contributed by atoms with Gasteiger partial charge in [0.15, 0.2) is 5.82 Å². The number of likely N-dealkylation sites (N-methyl/N-ethyl adjacent to an activating group) is 1. The number of aromatic nitrogens is 3. The third-order valence-electron chi connectivity index (χ3n) is 5.83. The van der Waals surface area contributed by atoms with Gasteiger partial charge in [-0.2, -0.15) is 4.98 Å². The van der Waals surface area contributed by atoms with Crippen molar-refractivity contribution < 1.29 is 14.7 Å². The average molecular weight is 441 g/mol. The molecule has 0 saturated carbocycles. The van der Waals surface area contributed by atoms with Crippen molar-refractivity contribution in [2.45, 2.75) is 26.3 Å². The van der Waals surface area contributed by atoms with Crippen LogP contribution in [0.3, 0.4) is 0 Å². The molecule has 32 heavy (non-hydrogen) atoms. The molecule has 4 rings (SSSR count). The van der Waals surface area contributed by atoms with Crippen LogP contribution in [0.4, 0.5) is 28.1 Å². The number of amides is 2. The first-order valence-electron chi connectivity index (χ1n) is 10.7. The van der Waals surface area contributed by atoms with Gasteiger partial charge in [0, 0.05) is 38.4 Å². The largest absolute Gasteiger partial charge is 0.463 e. The van der Waals surface area contributed by atoms with E-state index in [-0.39, 0.29) is 24.3 Å². The van der Waals surface area contributed by atoms with Gasteiger partial charge in [0.25, 0.3) is 5.91 Å².